The molecular formula is C18H30N2O. The molecule has 21 heavy (non-hydrogen) atoms. The minimum absolute atomic E-state index is 0.197. The molecule has 1 aromatic rings. The van der Waals surface area contributed by atoms with Crippen molar-refractivity contribution < 1.29 is 5.11 Å². The Morgan fingerprint density at radius 1 is 1.33 bits per heavy atom. The predicted octanol–water partition coefficient (Wildman–Crippen LogP) is 4.08. The summed E-state index contributed by atoms with van der Waals surface area (Å²) in [6.45, 7) is 9.79. The van der Waals surface area contributed by atoms with Crippen molar-refractivity contribution in [2.24, 2.45) is 5.92 Å². The topological polar surface area (TPSA) is 35.5 Å². The lowest BCUT2D eigenvalue weighted by Crippen LogP contribution is -2.24. The van der Waals surface area contributed by atoms with E-state index in [9.17, 15) is 5.11 Å². The molecule has 0 radical (unpaired) electrons. The second-order valence-electron chi connectivity index (χ2n) is 6.44. The molecule has 0 bridgehead atoms. The molecule has 0 amide bonds. The van der Waals surface area contributed by atoms with Gasteiger partial charge in [-0.25, -0.2) is 0 Å². The van der Waals surface area contributed by atoms with Gasteiger partial charge in [-0.15, -0.1) is 0 Å². The monoisotopic (exact) mass is 290 g/mol. The molecule has 3 heteroatoms. The first kappa shape index (κ1) is 16.2. The molecule has 2 atom stereocenters. The second kappa shape index (κ2) is 7.69. The van der Waals surface area contributed by atoms with E-state index < -0.39 is 0 Å². The lowest BCUT2D eigenvalue weighted by molar-refractivity contribution is 0.452. The normalized spacial score (nSPS) is 21.1. The molecule has 118 valence electrons. The van der Waals surface area contributed by atoms with E-state index in [0.717, 1.165) is 43.2 Å². The highest BCUT2D eigenvalue weighted by Gasteiger charge is 2.16. The van der Waals surface area contributed by atoms with Crippen molar-refractivity contribution in [2.75, 3.05) is 24.5 Å². The van der Waals surface area contributed by atoms with Gasteiger partial charge < -0.3 is 15.3 Å². The van der Waals surface area contributed by atoms with E-state index >= 15 is 0 Å². The molecule has 1 aromatic carbocycles. The molecule has 2 N–H and O–H groups in total. The van der Waals surface area contributed by atoms with Crippen LogP contribution in [0.25, 0.3) is 0 Å². The Morgan fingerprint density at radius 2 is 2.14 bits per heavy atom. The number of nitrogens with zero attached hydrogens (tertiary/aromatic N) is 1. The second-order valence-corrected chi connectivity index (χ2v) is 6.44. The van der Waals surface area contributed by atoms with Gasteiger partial charge >= 0.3 is 0 Å². The van der Waals surface area contributed by atoms with Crippen LogP contribution in [0.15, 0.2) is 18.2 Å². The third-order valence-electron chi connectivity index (χ3n) is 4.56. The van der Waals surface area contributed by atoms with E-state index in [1.807, 2.05) is 6.07 Å². The number of rotatable bonds is 5. The molecule has 1 heterocycles. The molecule has 1 aliphatic heterocycles. The highest BCUT2D eigenvalue weighted by Crippen LogP contribution is 2.30. The fourth-order valence-corrected chi connectivity index (χ4v) is 3.09. The van der Waals surface area contributed by atoms with E-state index in [1.54, 1.807) is 0 Å². The van der Waals surface area contributed by atoms with Crippen LogP contribution in [0.4, 0.5) is 5.69 Å². The van der Waals surface area contributed by atoms with Gasteiger partial charge in [0.05, 0.1) is 0 Å². The average molecular weight is 290 g/mol. The minimum Gasteiger partial charge on any atom is -0.508 e. The summed E-state index contributed by atoms with van der Waals surface area (Å²) >= 11 is 0. The first-order valence-corrected chi connectivity index (χ1v) is 8.43. The first-order valence-electron chi connectivity index (χ1n) is 8.43. The van der Waals surface area contributed by atoms with Gasteiger partial charge in [0.25, 0.3) is 0 Å². The third-order valence-corrected chi connectivity index (χ3v) is 4.56. The molecule has 0 aromatic heterocycles. The number of phenols is 1. The standard InChI is InChI=1S/C18H30N2O/c1-4-10-19-15(3)17-8-7-16(13-18(17)21)20-11-5-6-14(2)9-12-20/h7-8,13-15,19,21H,4-6,9-12H2,1-3H3. The van der Waals surface area contributed by atoms with Gasteiger partial charge in [0, 0.05) is 36.4 Å². The number of anilines is 1. The Labute approximate surface area is 129 Å². The van der Waals surface area contributed by atoms with E-state index in [0.29, 0.717) is 5.75 Å². The van der Waals surface area contributed by atoms with Crippen molar-refractivity contribution in [1.82, 2.24) is 5.32 Å². The summed E-state index contributed by atoms with van der Waals surface area (Å²) in [6, 6.07) is 6.37. The Morgan fingerprint density at radius 3 is 2.86 bits per heavy atom. The van der Waals surface area contributed by atoms with Crippen LogP contribution in [-0.2, 0) is 0 Å². The summed E-state index contributed by atoms with van der Waals surface area (Å²) < 4.78 is 0. The Kier molecular flexibility index (Phi) is 5.92. The molecular weight excluding hydrogens is 260 g/mol. The fourth-order valence-electron chi connectivity index (χ4n) is 3.09. The van der Waals surface area contributed by atoms with E-state index in [4.69, 9.17) is 0 Å². The fraction of sp³-hybridized carbons (Fsp3) is 0.667. The van der Waals surface area contributed by atoms with Crippen LogP contribution in [0.3, 0.4) is 0 Å². The summed E-state index contributed by atoms with van der Waals surface area (Å²) in [5.41, 5.74) is 2.16. The number of hydrogen-bond donors (Lipinski definition) is 2. The van der Waals surface area contributed by atoms with Gasteiger partial charge in [-0.3, -0.25) is 0 Å². The van der Waals surface area contributed by atoms with Crippen LogP contribution in [0, 0.1) is 5.92 Å². The van der Waals surface area contributed by atoms with E-state index in [2.05, 4.69) is 43.1 Å². The largest absolute Gasteiger partial charge is 0.508 e. The minimum atomic E-state index is 0.197. The van der Waals surface area contributed by atoms with Gasteiger partial charge in [-0.1, -0.05) is 19.9 Å². The number of benzene rings is 1. The van der Waals surface area contributed by atoms with Gasteiger partial charge in [0.1, 0.15) is 5.75 Å². The van der Waals surface area contributed by atoms with Gasteiger partial charge in [-0.2, -0.15) is 0 Å². The van der Waals surface area contributed by atoms with Crippen molar-refractivity contribution in [3.63, 3.8) is 0 Å². The summed E-state index contributed by atoms with van der Waals surface area (Å²) in [5.74, 6) is 1.24. The van der Waals surface area contributed by atoms with Gasteiger partial charge in [0.2, 0.25) is 0 Å². The smallest absolute Gasteiger partial charge is 0.122 e. The zero-order valence-electron chi connectivity index (χ0n) is 13.7. The molecule has 3 nitrogen and oxygen atoms in total. The van der Waals surface area contributed by atoms with Crippen molar-refractivity contribution in [3.05, 3.63) is 23.8 Å². The lowest BCUT2D eigenvalue weighted by Gasteiger charge is -2.24. The van der Waals surface area contributed by atoms with Crippen LogP contribution >= 0.6 is 0 Å². The van der Waals surface area contributed by atoms with Crippen LogP contribution in [-0.4, -0.2) is 24.7 Å². The highest BCUT2D eigenvalue weighted by atomic mass is 16.3. The first-order chi connectivity index (χ1) is 10.1. The molecule has 2 unspecified atom stereocenters. The number of aromatic hydroxyl groups is 1. The SMILES string of the molecule is CCCNC(C)c1ccc(N2CCCC(C)CC2)cc1O. The van der Waals surface area contributed by atoms with Crippen molar-refractivity contribution >= 4 is 5.69 Å². The average Bonchev–Trinajstić information content (AvgIpc) is 2.69. The maximum Gasteiger partial charge on any atom is 0.122 e. The zero-order valence-corrected chi connectivity index (χ0v) is 13.7. The number of nitrogens with one attached hydrogen (secondary N) is 1. The van der Waals surface area contributed by atoms with Crippen LogP contribution < -0.4 is 10.2 Å². The van der Waals surface area contributed by atoms with Gasteiger partial charge in [-0.05, 0) is 51.1 Å². The highest BCUT2D eigenvalue weighted by molar-refractivity contribution is 5.54. The summed E-state index contributed by atoms with van der Waals surface area (Å²) in [4.78, 5) is 2.41. The van der Waals surface area contributed by atoms with Crippen molar-refractivity contribution in [2.45, 2.75) is 52.5 Å². The van der Waals surface area contributed by atoms with Crippen LogP contribution in [0.1, 0.15) is 58.1 Å². The third kappa shape index (κ3) is 4.37. The maximum atomic E-state index is 10.3. The summed E-state index contributed by atoms with van der Waals surface area (Å²) in [7, 11) is 0. The Hall–Kier alpha value is -1.22. The molecule has 1 saturated heterocycles. The zero-order chi connectivity index (χ0) is 15.2. The summed E-state index contributed by atoms with van der Waals surface area (Å²) in [6.07, 6.45) is 4.92. The van der Waals surface area contributed by atoms with Crippen molar-refractivity contribution in [1.29, 1.82) is 0 Å². The number of hydrogen-bond acceptors (Lipinski definition) is 3. The molecule has 0 saturated carbocycles. The lowest BCUT2D eigenvalue weighted by atomic mass is 10.0. The molecule has 1 aliphatic rings. The molecule has 0 aliphatic carbocycles. The van der Waals surface area contributed by atoms with E-state index in [-0.39, 0.29) is 6.04 Å². The Balaban J connectivity index is 2.07. The number of phenolic OH excluding ortho intramolecular Hbond substituents is 1. The molecule has 0 spiro atoms. The Bertz CT molecular complexity index is 447. The molecule has 2 rings (SSSR count). The predicted molar refractivity (Wildman–Crippen MR) is 90.0 cm³/mol. The molecule has 1 fully saturated rings. The van der Waals surface area contributed by atoms with Crippen LogP contribution in [0.2, 0.25) is 0 Å². The van der Waals surface area contributed by atoms with Crippen molar-refractivity contribution in [3.8, 4) is 5.75 Å². The van der Waals surface area contributed by atoms with E-state index in [1.165, 1.54) is 19.3 Å². The summed E-state index contributed by atoms with van der Waals surface area (Å²) in [5, 5.41) is 13.8. The van der Waals surface area contributed by atoms with Gasteiger partial charge in [0.15, 0.2) is 0 Å². The quantitative estimate of drug-likeness (QED) is 0.857. The van der Waals surface area contributed by atoms with Crippen LogP contribution in [0.5, 0.6) is 5.75 Å². The maximum absolute atomic E-state index is 10.3.